The summed E-state index contributed by atoms with van der Waals surface area (Å²) in [6, 6.07) is 5.20. The van der Waals surface area contributed by atoms with Gasteiger partial charge in [0.15, 0.2) is 0 Å². The molecule has 3 aliphatic carbocycles. The zero-order valence-corrected chi connectivity index (χ0v) is 22.7. The molecule has 2 amide bonds. The van der Waals surface area contributed by atoms with Crippen LogP contribution in [0.3, 0.4) is 0 Å². The number of amides is 2. The summed E-state index contributed by atoms with van der Waals surface area (Å²) in [7, 11) is 0. The Kier molecular flexibility index (Phi) is 5.61. The van der Waals surface area contributed by atoms with Crippen molar-refractivity contribution in [2.75, 3.05) is 6.54 Å². The van der Waals surface area contributed by atoms with E-state index in [0.29, 0.717) is 5.92 Å². The van der Waals surface area contributed by atoms with E-state index in [2.05, 4.69) is 49.8 Å². The molecule has 1 aromatic heterocycles. The SMILES string of the molecule is CC(C)(C)[C@@H](C(=O)N1CC(O)CC1C(=O)NC1CC12CCc1cc(Br)ccc12)n1cc(C2CC2)nn1. The van der Waals surface area contributed by atoms with Crippen molar-refractivity contribution in [3.63, 3.8) is 0 Å². The minimum absolute atomic E-state index is 0.00559. The van der Waals surface area contributed by atoms with Crippen LogP contribution in [0.2, 0.25) is 0 Å². The van der Waals surface area contributed by atoms with Crippen LogP contribution in [0.1, 0.15) is 81.7 Å². The number of carbonyl (C=O) groups excluding carboxylic acids is 2. The molecule has 1 saturated heterocycles. The average molecular weight is 557 g/mol. The number of aryl methyl sites for hydroxylation is 1. The van der Waals surface area contributed by atoms with Crippen molar-refractivity contribution in [2.45, 2.75) is 94.9 Å². The second-order valence-corrected chi connectivity index (χ2v) is 13.2. The standard InChI is InChI=1S/C27H34BrN5O3/c1-26(2,3)23(33-14-20(30-31-33)15-4-5-15)25(36)32-13-18(34)11-21(32)24(35)29-22-12-27(22)9-8-16-10-17(28)6-7-19(16)27/h6-7,10,14-15,18,21-23,34H,4-5,8-9,11-13H2,1-3H3,(H,29,35)/t18?,21?,22?,23-,27?/m1/s1. The van der Waals surface area contributed by atoms with Crippen molar-refractivity contribution in [3.8, 4) is 0 Å². The Morgan fingerprint density at radius 2 is 2.06 bits per heavy atom. The van der Waals surface area contributed by atoms with Gasteiger partial charge in [-0.1, -0.05) is 48.0 Å². The Labute approximate surface area is 219 Å². The van der Waals surface area contributed by atoms with Gasteiger partial charge in [-0.25, -0.2) is 4.68 Å². The number of hydrogen-bond donors (Lipinski definition) is 2. The van der Waals surface area contributed by atoms with Gasteiger partial charge in [0.1, 0.15) is 12.1 Å². The number of likely N-dealkylation sites (tertiary alicyclic amines) is 1. The second kappa shape index (κ2) is 8.38. The number of halogens is 1. The molecule has 5 atom stereocenters. The highest BCUT2D eigenvalue weighted by molar-refractivity contribution is 9.10. The third-order valence-corrected chi connectivity index (χ3v) is 9.04. The zero-order valence-electron chi connectivity index (χ0n) is 21.1. The lowest BCUT2D eigenvalue weighted by Gasteiger charge is -2.34. The van der Waals surface area contributed by atoms with Crippen LogP contribution in [0.25, 0.3) is 0 Å². The molecule has 3 fully saturated rings. The van der Waals surface area contributed by atoms with Crippen LogP contribution in [-0.4, -0.2) is 61.5 Å². The summed E-state index contributed by atoms with van der Waals surface area (Å²) < 4.78 is 2.75. The predicted octanol–water partition coefficient (Wildman–Crippen LogP) is 3.24. The Hall–Kier alpha value is -2.26. The Balaban J connectivity index is 1.20. The van der Waals surface area contributed by atoms with Gasteiger partial charge >= 0.3 is 0 Å². The van der Waals surface area contributed by atoms with Crippen LogP contribution in [0.4, 0.5) is 0 Å². The van der Waals surface area contributed by atoms with Crippen molar-refractivity contribution >= 4 is 27.7 Å². The van der Waals surface area contributed by atoms with E-state index in [4.69, 9.17) is 0 Å². The topological polar surface area (TPSA) is 100 Å². The molecule has 2 N–H and O–H groups in total. The summed E-state index contributed by atoms with van der Waals surface area (Å²) in [5.41, 5.74) is 3.17. The van der Waals surface area contributed by atoms with Crippen LogP contribution in [0.15, 0.2) is 28.9 Å². The number of β-amino-alcohol motifs (C(OH)–C–C–N with tert-alkyl or cyclic N) is 1. The highest BCUT2D eigenvalue weighted by atomic mass is 79.9. The predicted molar refractivity (Wildman–Crippen MR) is 137 cm³/mol. The van der Waals surface area contributed by atoms with Crippen LogP contribution >= 0.6 is 15.9 Å². The molecule has 1 aromatic carbocycles. The van der Waals surface area contributed by atoms with Gasteiger partial charge in [-0.3, -0.25) is 9.59 Å². The first-order chi connectivity index (χ1) is 17.1. The Morgan fingerprint density at radius 3 is 2.78 bits per heavy atom. The maximum atomic E-state index is 13.9. The molecule has 6 rings (SSSR count). The van der Waals surface area contributed by atoms with E-state index in [1.807, 2.05) is 27.0 Å². The van der Waals surface area contributed by atoms with Gasteiger partial charge in [-0.05, 0) is 60.8 Å². The number of nitrogens with one attached hydrogen (secondary N) is 1. The molecule has 192 valence electrons. The van der Waals surface area contributed by atoms with E-state index < -0.39 is 23.6 Å². The lowest BCUT2D eigenvalue weighted by molar-refractivity contribution is -0.144. The quantitative estimate of drug-likeness (QED) is 0.589. The van der Waals surface area contributed by atoms with E-state index in [1.54, 1.807) is 9.58 Å². The molecule has 4 unspecified atom stereocenters. The molecule has 2 aromatic rings. The van der Waals surface area contributed by atoms with Gasteiger partial charge < -0.3 is 15.3 Å². The van der Waals surface area contributed by atoms with Gasteiger partial charge in [0.2, 0.25) is 11.8 Å². The van der Waals surface area contributed by atoms with Crippen molar-refractivity contribution in [3.05, 3.63) is 45.7 Å². The van der Waals surface area contributed by atoms with E-state index in [0.717, 1.165) is 42.3 Å². The minimum atomic E-state index is -0.721. The number of carbonyl (C=O) groups is 2. The number of rotatable bonds is 5. The van der Waals surface area contributed by atoms with E-state index in [1.165, 1.54) is 11.1 Å². The van der Waals surface area contributed by atoms with Crippen molar-refractivity contribution in [1.82, 2.24) is 25.2 Å². The largest absolute Gasteiger partial charge is 0.391 e. The third kappa shape index (κ3) is 4.08. The van der Waals surface area contributed by atoms with Gasteiger partial charge in [0.05, 0.1) is 11.8 Å². The molecule has 2 heterocycles. The van der Waals surface area contributed by atoms with E-state index >= 15 is 0 Å². The molecule has 8 nitrogen and oxygen atoms in total. The third-order valence-electron chi connectivity index (χ3n) is 8.54. The fourth-order valence-electron chi connectivity index (χ4n) is 6.41. The fraction of sp³-hybridized carbons (Fsp3) is 0.630. The van der Waals surface area contributed by atoms with Gasteiger partial charge in [0, 0.05) is 41.0 Å². The van der Waals surface area contributed by atoms with E-state index in [9.17, 15) is 14.7 Å². The Morgan fingerprint density at radius 1 is 1.28 bits per heavy atom. The minimum Gasteiger partial charge on any atom is -0.391 e. The second-order valence-electron chi connectivity index (χ2n) is 12.3. The highest BCUT2D eigenvalue weighted by Gasteiger charge is 2.59. The zero-order chi connectivity index (χ0) is 25.4. The first-order valence-electron chi connectivity index (χ1n) is 13.1. The lowest BCUT2D eigenvalue weighted by Crippen LogP contribution is -2.51. The maximum absolute atomic E-state index is 13.9. The number of benzene rings is 1. The molecular formula is C27H34BrN5O3. The van der Waals surface area contributed by atoms with Crippen molar-refractivity contribution in [1.29, 1.82) is 0 Å². The monoisotopic (exact) mass is 555 g/mol. The molecule has 1 spiro atoms. The smallest absolute Gasteiger partial charge is 0.248 e. The fourth-order valence-corrected chi connectivity index (χ4v) is 6.82. The number of aromatic nitrogens is 3. The van der Waals surface area contributed by atoms with Crippen LogP contribution in [0.5, 0.6) is 0 Å². The summed E-state index contributed by atoms with van der Waals surface area (Å²) in [6.45, 7) is 6.15. The average Bonchev–Trinajstić information content (AvgIpc) is 3.61. The van der Waals surface area contributed by atoms with E-state index in [-0.39, 0.29) is 36.2 Å². The van der Waals surface area contributed by atoms with Gasteiger partial charge in [0.25, 0.3) is 0 Å². The van der Waals surface area contributed by atoms with Crippen molar-refractivity contribution < 1.29 is 14.7 Å². The molecule has 0 bridgehead atoms. The van der Waals surface area contributed by atoms with Gasteiger partial charge in [-0.15, -0.1) is 5.10 Å². The maximum Gasteiger partial charge on any atom is 0.248 e. The van der Waals surface area contributed by atoms with Crippen LogP contribution < -0.4 is 5.32 Å². The first kappa shape index (κ1) is 24.1. The molecule has 1 aliphatic heterocycles. The number of aliphatic hydroxyl groups excluding tert-OH is 1. The molecule has 4 aliphatic rings. The molecule has 0 radical (unpaired) electrons. The van der Waals surface area contributed by atoms with Crippen LogP contribution in [-0.2, 0) is 21.4 Å². The molecule has 2 saturated carbocycles. The highest BCUT2D eigenvalue weighted by Crippen LogP contribution is 2.57. The summed E-state index contributed by atoms with van der Waals surface area (Å²) in [5.74, 6) is 0.0829. The number of hydrogen-bond acceptors (Lipinski definition) is 5. The van der Waals surface area contributed by atoms with Crippen molar-refractivity contribution in [2.24, 2.45) is 5.41 Å². The summed E-state index contributed by atoms with van der Waals surface area (Å²) in [5, 5.41) is 22.4. The Bertz CT molecular complexity index is 1220. The number of nitrogens with zero attached hydrogens (tertiary/aromatic N) is 4. The molecule has 9 heteroatoms. The summed E-state index contributed by atoms with van der Waals surface area (Å²) in [4.78, 5) is 29.0. The lowest BCUT2D eigenvalue weighted by atomic mass is 9.85. The molecular weight excluding hydrogens is 522 g/mol. The summed E-state index contributed by atoms with van der Waals surface area (Å²) in [6.07, 6.45) is 6.60. The number of aliphatic hydroxyl groups is 1. The first-order valence-corrected chi connectivity index (χ1v) is 13.9. The normalized spacial score (nSPS) is 29.9. The number of fused-ring (bicyclic) bond motifs is 2. The van der Waals surface area contributed by atoms with Crippen LogP contribution in [0, 0.1) is 5.41 Å². The van der Waals surface area contributed by atoms with Gasteiger partial charge in [-0.2, -0.15) is 0 Å². The summed E-state index contributed by atoms with van der Waals surface area (Å²) >= 11 is 3.56. The molecule has 36 heavy (non-hydrogen) atoms.